The Morgan fingerprint density at radius 1 is 1.35 bits per heavy atom. The molecule has 0 aliphatic carbocycles. The van der Waals surface area contributed by atoms with Crippen LogP contribution in [0.2, 0.25) is 0 Å². The Hall–Kier alpha value is -2.35. The first-order valence-electron chi connectivity index (χ1n) is 5.46. The maximum Gasteiger partial charge on any atom is 0.163 e. The summed E-state index contributed by atoms with van der Waals surface area (Å²) in [7, 11) is 0. The van der Waals surface area contributed by atoms with Crippen LogP contribution in [0.3, 0.4) is 0 Å². The molecular formula is C12H13N5. The first-order chi connectivity index (χ1) is 8.40. The molecule has 0 fully saturated rings. The van der Waals surface area contributed by atoms with E-state index in [1.54, 1.807) is 12.4 Å². The molecule has 1 N–H and O–H groups in total. The molecule has 5 heteroatoms. The van der Waals surface area contributed by atoms with Gasteiger partial charge in [-0.2, -0.15) is 10.4 Å². The van der Waals surface area contributed by atoms with Gasteiger partial charge in [-0.25, -0.2) is 4.98 Å². The molecule has 0 unspecified atom stereocenters. The lowest BCUT2D eigenvalue weighted by atomic mass is 10.3. The normalized spacial score (nSPS) is 9.82. The second-order valence-electron chi connectivity index (χ2n) is 3.56. The summed E-state index contributed by atoms with van der Waals surface area (Å²) in [6, 6.07) is 7.64. The zero-order valence-corrected chi connectivity index (χ0v) is 9.37. The van der Waals surface area contributed by atoms with Gasteiger partial charge >= 0.3 is 0 Å². The molecule has 0 spiro atoms. The molecule has 86 valence electrons. The number of aryl methyl sites for hydroxylation is 1. The SMILES string of the molecule is N#Cc1ncccc1NCCCn1cccn1. The highest BCUT2D eigenvalue weighted by Crippen LogP contribution is 2.10. The third kappa shape index (κ3) is 3.05. The predicted molar refractivity (Wildman–Crippen MR) is 64.3 cm³/mol. The van der Waals surface area contributed by atoms with E-state index in [-0.39, 0.29) is 0 Å². The van der Waals surface area contributed by atoms with E-state index in [1.165, 1.54) is 0 Å². The maximum atomic E-state index is 8.86. The van der Waals surface area contributed by atoms with Gasteiger partial charge in [-0.1, -0.05) is 0 Å². The lowest BCUT2D eigenvalue weighted by molar-refractivity contribution is 0.592. The van der Waals surface area contributed by atoms with Gasteiger partial charge in [-0.15, -0.1) is 0 Å². The molecule has 5 nitrogen and oxygen atoms in total. The fourth-order valence-electron chi connectivity index (χ4n) is 1.53. The minimum Gasteiger partial charge on any atom is -0.383 e. The number of nitrogens with zero attached hydrogens (tertiary/aromatic N) is 4. The van der Waals surface area contributed by atoms with Crippen LogP contribution in [0.15, 0.2) is 36.8 Å². The fourth-order valence-corrected chi connectivity index (χ4v) is 1.53. The van der Waals surface area contributed by atoms with Gasteiger partial charge in [-0.05, 0) is 24.6 Å². The number of anilines is 1. The van der Waals surface area contributed by atoms with E-state index in [0.29, 0.717) is 5.69 Å². The molecule has 0 saturated carbocycles. The van der Waals surface area contributed by atoms with Gasteiger partial charge < -0.3 is 5.32 Å². The Morgan fingerprint density at radius 3 is 3.06 bits per heavy atom. The molecule has 2 heterocycles. The zero-order valence-electron chi connectivity index (χ0n) is 9.37. The van der Waals surface area contributed by atoms with Crippen molar-refractivity contribution in [3.05, 3.63) is 42.5 Å². The van der Waals surface area contributed by atoms with E-state index in [9.17, 15) is 0 Å². The number of nitrogens with one attached hydrogen (secondary N) is 1. The second kappa shape index (κ2) is 5.66. The predicted octanol–water partition coefficient (Wildman–Crippen LogP) is 1.65. The monoisotopic (exact) mass is 227 g/mol. The summed E-state index contributed by atoms with van der Waals surface area (Å²) < 4.78 is 1.89. The van der Waals surface area contributed by atoms with Crippen LogP contribution in [0, 0.1) is 11.3 Å². The number of hydrogen-bond donors (Lipinski definition) is 1. The van der Waals surface area contributed by atoms with Crippen LogP contribution >= 0.6 is 0 Å². The molecule has 0 atom stereocenters. The third-order valence-electron chi connectivity index (χ3n) is 2.35. The first kappa shape index (κ1) is 11.1. The summed E-state index contributed by atoms with van der Waals surface area (Å²) in [6.45, 7) is 1.66. The fraction of sp³-hybridized carbons (Fsp3) is 0.250. The number of nitriles is 1. The average Bonchev–Trinajstić information content (AvgIpc) is 2.88. The molecule has 0 saturated heterocycles. The van der Waals surface area contributed by atoms with E-state index in [0.717, 1.165) is 25.2 Å². The summed E-state index contributed by atoms with van der Waals surface area (Å²) in [5.74, 6) is 0. The van der Waals surface area contributed by atoms with E-state index >= 15 is 0 Å². The quantitative estimate of drug-likeness (QED) is 0.789. The number of aromatic nitrogens is 3. The Kier molecular flexibility index (Phi) is 3.71. The summed E-state index contributed by atoms with van der Waals surface area (Å²) in [4.78, 5) is 3.98. The lowest BCUT2D eigenvalue weighted by Gasteiger charge is -2.07. The summed E-state index contributed by atoms with van der Waals surface area (Å²) >= 11 is 0. The molecule has 2 rings (SSSR count). The molecule has 17 heavy (non-hydrogen) atoms. The lowest BCUT2D eigenvalue weighted by Crippen LogP contribution is -2.08. The van der Waals surface area contributed by atoms with Crippen molar-refractivity contribution in [2.75, 3.05) is 11.9 Å². The van der Waals surface area contributed by atoms with Crippen molar-refractivity contribution in [2.45, 2.75) is 13.0 Å². The van der Waals surface area contributed by atoms with Crippen molar-refractivity contribution < 1.29 is 0 Å². The third-order valence-corrected chi connectivity index (χ3v) is 2.35. The summed E-state index contributed by atoms with van der Waals surface area (Å²) in [6.07, 6.45) is 6.27. The van der Waals surface area contributed by atoms with Crippen molar-refractivity contribution >= 4 is 5.69 Å². The van der Waals surface area contributed by atoms with Crippen molar-refractivity contribution in [1.29, 1.82) is 5.26 Å². The van der Waals surface area contributed by atoms with Gasteiger partial charge in [0.05, 0.1) is 5.69 Å². The number of rotatable bonds is 5. The van der Waals surface area contributed by atoms with Crippen molar-refractivity contribution in [3.8, 4) is 6.07 Å². The van der Waals surface area contributed by atoms with Crippen molar-refractivity contribution in [1.82, 2.24) is 14.8 Å². The summed E-state index contributed by atoms with van der Waals surface area (Å²) in [5, 5.41) is 16.2. The highest BCUT2D eigenvalue weighted by atomic mass is 15.3. The van der Waals surface area contributed by atoms with Gasteiger partial charge in [0.25, 0.3) is 0 Å². The van der Waals surface area contributed by atoms with E-state index in [4.69, 9.17) is 5.26 Å². The largest absolute Gasteiger partial charge is 0.383 e. The van der Waals surface area contributed by atoms with Crippen molar-refractivity contribution in [2.24, 2.45) is 0 Å². The van der Waals surface area contributed by atoms with Crippen LogP contribution in [0.1, 0.15) is 12.1 Å². The molecule has 2 aromatic heterocycles. The van der Waals surface area contributed by atoms with Crippen LogP contribution in [0.5, 0.6) is 0 Å². The Bertz CT molecular complexity index is 498. The van der Waals surface area contributed by atoms with Gasteiger partial charge in [-0.3, -0.25) is 4.68 Å². The maximum absolute atomic E-state index is 8.86. The van der Waals surface area contributed by atoms with E-state index < -0.39 is 0 Å². The van der Waals surface area contributed by atoms with Gasteiger partial charge in [0.1, 0.15) is 6.07 Å². The summed E-state index contributed by atoms with van der Waals surface area (Å²) in [5.41, 5.74) is 1.22. The molecule has 0 bridgehead atoms. The standard InChI is InChI=1S/C12H13N5/c13-10-12-11(4-1-5-15-12)14-6-2-8-17-9-3-7-16-17/h1,3-5,7,9,14H,2,6,8H2. The molecule has 0 aliphatic heterocycles. The van der Waals surface area contributed by atoms with Crippen LogP contribution in [0.25, 0.3) is 0 Å². The Balaban J connectivity index is 1.80. The van der Waals surface area contributed by atoms with Crippen molar-refractivity contribution in [3.63, 3.8) is 0 Å². The molecule has 0 amide bonds. The van der Waals surface area contributed by atoms with Gasteiger partial charge in [0.2, 0.25) is 0 Å². The minimum absolute atomic E-state index is 0.437. The molecule has 0 radical (unpaired) electrons. The van der Waals surface area contributed by atoms with Crippen LogP contribution in [-0.2, 0) is 6.54 Å². The van der Waals surface area contributed by atoms with Crippen LogP contribution in [0.4, 0.5) is 5.69 Å². The van der Waals surface area contributed by atoms with Gasteiger partial charge in [0.15, 0.2) is 5.69 Å². The first-order valence-corrected chi connectivity index (χ1v) is 5.46. The Morgan fingerprint density at radius 2 is 2.29 bits per heavy atom. The topological polar surface area (TPSA) is 66.5 Å². The highest BCUT2D eigenvalue weighted by molar-refractivity contribution is 5.53. The van der Waals surface area contributed by atoms with Crippen LogP contribution in [-0.4, -0.2) is 21.3 Å². The number of hydrogen-bond acceptors (Lipinski definition) is 4. The highest BCUT2D eigenvalue weighted by Gasteiger charge is 2.00. The molecule has 0 aliphatic rings. The second-order valence-corrected chi connectivity index (χ2v) is 3.56. The molecular weight excluding hydrogens is 214 g/mol. The Labute approximate surface area is 99.7 Å². The molecule has 2 aromatic rings. The zero-order chi connectivity index (χ0) is 11.9. The van der Waals surface area contributed by atoms with E-state index in [2.05, 4.69) is 21.5 Å². The molecule has 0 aromatic carbocycles. The van der Waals surface area contributed by atoms with Gasteiger partial charge in [0, 0.05) is 31.7 Å². The minimum atomic E-state index is 0.437. The smallest absolute Gasteiger partial charge is 0.163 e. The van der Waals surface area contributed by atoms with E-state index in [1.807, 2.05) is 29.1 Å². The average molecular weight is 227 g/mol. The number of pyridine rings is 1. The van der Waals surface area contributed by atoms with Crippen LogP contribution < -0.4 is 5.32 Å².